The normalized spacial score (nSPS) is 6.67. The van der Waals surface area contributed by atoms with E-state index < -0.39 is 0 Å². The van der Waals surface area contributed by atoms with Crippen LogP contribution in [0.1, 0.15) is 7.43 Å². The van der Waals surface area contributed by atoms with Gasteiger partial charge in [-0.15, -0.1) is 0 Å². The summed E-state index contributed by atoms with van der Waals surface area (Å²) in [4.78, 5) is 0. The molecule has 1 heterocycles. The fraction of sp³-hybridized carbons (Fsp3) is 0.200. The SMILES string of the molecule is C.c1ccoc1. The van der Waals surface area contributed by atoms with E-state index in [1.807, 2.05) is 12.1 Å². The summed E-state index contributed by atoms with van der Waals surface area (Å²) >= 11 is 0. The molecular formula is C5H8O. The monoisotopic (exact) mass is 84.1 g/mol. The van der Waals surface area contributed by atoms with Crippen molar-refractivity contribution in [2.45, 2.75) is 7.43 Å². The molecule has 1 aromatic heterocycles. The average Bonchev–Trinajstić information content (AvgIpc) is 1.76. The van der Waals surface area contributed by atoms with Gasteiger partial charge in [-0.05, 0) is 12.1 Å². The predicted octanol–water partition coefficient (Wildman–Crippen LogP) is 1.92. The summed E-state index contributed by atoms with van der Waals surface area (Å²) in [5.41, 5.74) is 0. The smallest absolute Gasteiger partial charge is 0.0902 e. The first kappa shape index (κ1) is 5.28. The van der Waals surface area contributed by atoms with Crippen LogP contribution in [0.15, 0.2) is 29.1 Å². The quantitative estimate of drug-likeness (QED) is 0.468. The molecule has 0 saturated heterocycles. The van der Waals surface area contributed by atoms with Gasteiger partial charge >= 0.3 is 0 Å². The van der Waals surface area contributed by atoms with Gasteiger partial charge in [0, 0.05) is 0 Å². The van der Waals surface area contributed by atoms with Crippen LogP contribution in [0.2, 0.25) is 0 Å². The van der Waals surface area contributed by atoms with E-state index in [9.17, 15) is 0 Å². The Morgan fingerprint density at radius 1 is 1.00 bits per heavy atom. The van der Waals surface area contributed by atoms with E-state index in [0.29, 0.717) is 0 Å². The molecule has 34 valence electrons. The maximum Gasteiger partial charge on any atom is 0.0902 e. The number of hydrogen-bond acceptors (Lipinski definition) is 1. The van der Waals surface area contributed by atoms with Crippen LogP contribution in [0, 0.1) is 0 Å². The third-order valence-corrected chi connectivity index (χ3v) is 0.425. The van der Waals surface area contributed by atoms with Gasteiger partial charge in [-0.2, -0.15) is 0 Å². The molecule has 1 heteroatoms. The fourth-order valence-corrected chi connectivity index (χ4v) is 0.227. The van der Waals surface area contributed by atoms with Crippen molar-refractivity contribution in [1.82, 2.24) is 0 Å². The van der Waals surface area contributed by atoms with E-state index in [1.54, 1.807) is 12.5 Å². The Hall–Kier alpha value is -0.720. The molecule has 0 aliphatic carbocycles. The molecule has 0 aliphatic heterocycles. The molecule has 0 N–H and O–H groups in total. The predicted molar refractivity (Wildman–Crippen MR) is 25.4 cm³/mol. The molecular weight excluding hydrogens is 76.1 g/mol. The highest BCUT2D eigenvalue weighted by Gasteiger charge is 1.58. The lowest BCUT2D eigenvalue weighted by Gasteiger charge is -1.50. The number of hydrogen-bond donors (Lipinski definition) is 0. The Balaban J connectivity index is 0.000000250. The van der Waals surface area contributed by atoms with Crippen LogP contribution >= 0.6 is 0 Å². The van der Waals surface area contributed by atoms with Gasteiger partial charge in [-0.25, -0.2) is 0 Å². The second-order valence-corrected chi connectivity index (χ2v) is 0.793. The Bertz CT molecular complexity index is 60.4. The molecule has 0 spiro atoms. The minimum absolute atomic E-state index is 0. The minimum Gasteiger partial charge on any atom is -0.473 e. The topological polar surface area (TPSA) is 13.1 Å². The van der Waals surface area contributed by atoms with Gasteiger partial charge in [-0.3, -0.25) is 0 Å². The third-order valence-electron chi connectivity index (χ3n) is 0.425. The van der Waals surface area contributed by atoms with Crippen molar-refractivity contribution in [1.29, 1.82) is 0 Å². The highest BCUT2D eigenvalue weighted by atomic mass is 16.3. The van der Waals surface area contributed by atoms with E-state index in [0.717, 1.165) is 0 Å². The Morgan fingerprint density at radius 3 is 1.67 bits per heavy atom. The summed E-state index contributed by atoms with van der Waals surface area (Å²) in [5.74, 6) is 0. The van der Waals surface area contributed by atoms with Crippen LogP contribution in [0.3, 0.4) is 0 Å². The van der Waals surface area contributed by atoms with Crippen LogP contribution in [-0.4, -0.2) is 0 Å². The summed E-state index contributed by atoms with van der Waals surface area (Å²) in [5, 5.41) is 0. The van der Waals surface area contributed by atoms with Gasteiger partial charge < -0.3 is 4.42 Å². The van der Waals surface area contributed by atoms with Gasteiger partial charge in [0.1, 0.15) is 0 Å². The second kappa shape index (κ2) is 2.51. The summed E-state index contributed by atoms with van der Waals surface area (Å²) in [6.45, 7) is 0. The highest BCUT2D eigenvalue weighted by Crippen LogP contribution is 1.79. The van der Waals surface area contributed by atoms with Crippen molar-refractivity contribution in [2.24, 2.45) is 0 Å². The van der Waals surface area contributed by atoms with Crippen molar-refractivity contribution in [3.05, 3.63) is 24.7 Å². The number of furan rings is 1. The Labute approximate surface area is 37.6 Å². The molecule has 0 aliphatic rings. The maximum absolute atomic E-state index is 4.58. The molecule has 0 atom stereocenters. The summed E-state index contributed by atoms with van der Waals surface area (Å²) in [6.07, 6.45) is 3.25. The van der Waals surface area contributed by atoms with Crippen molar-refractivity contribution in [2.75, 3.05) is 0 Å². The number of rotatable bonds is 0. The molecule has 0 amide bonds. The van der Waals surface area contributed by atoms with Gasteiger partial charge in [-0.1, -0.05) is 7.43 Å². The first-order valence-corrected chi connectivity index (χ1v) is 1.47. The lowest BCUT2D eigenvalue weighted by Crippen LogP contribution is -1.16. The van der Waals surface area contributed by atoms with E-state index in [-0.39, 0.29) is 7.43 Å². The van der Waals surface area contributed by atoms with Gasteiger partial charge in [0.2, 0.25) is 0 Å². The second-order valence-electron chi connectivity index (χ2n) is 0.793. The van der Waals surface area contributed by atoms with Crippen molar-refractivity contribution >= 4 is 0 Å². The van der Waals surface area contributed by atoms with Crippen LogP contribution < -0.4 is 0 Å². The lowest BCUT2D eigenvalue weighted by atomic mass is 10.7. The van der Waals surface area contributed by atoms with Gasteiger partial charge in [0.25, 0.3) is 0 Å². The average molecular weight is 84.1 g/mol. The fourth-order valence-electron chi connectivity index (χ4n) is 0.227. The van der Waals surface area contributed by atoms with Crippen LogP contribution in [0.4, 0.5) is 0 Å². The molecule has 0 aromatic carbocycles. The molecule has 0 saturated carbocycles. The zero-order valence-corrected chi connectivity index (χ0v) is 2.72. The zero-order valence-electron chi connectivity index (χ0n) is 2.72. The Kier molecular flexibility index (Phi) is 2.21. The van der Waals surface area contributed by atoms with Gasteiger partial charge in [0.05, 0.1) is 12.5 Å². The Morgan fingerprint density at radius 2 is 1.50 bits per heavy atom. The highest BCUT2D eigenvalue weighted by molar-refractivity contribution is 4.79. The molecule has 6 heavy (non-hydrogen) atoms. The zero-order chi connectivity index (χ0) is 3.54. The first-order chi connectivity index (χ1) is 2.50. The molecule has 1 rings (SSSR count). The third kappa shape index (κ3) is 0.931. The largest absolute Gasteiger partial charge is 0.473 e. The van der Waals surface area contributed by atoms with Gasteiger partial charge in [0.15, 0.2) is 0 Å². The summed E-state index contributed by atoms with van der Waals surface area (Å²) in [7, 11) is 0. The van der Waals surface area contributed by atoms with Crippen molar-refractivity contribution in [3.8, 4) is 0 Å². The molecule has 1 aromatic rings. The van der Waals surface area contributed by atoms with E-state index in [1.165, 1.54) is 0 Å². The molecule has 0 fully saturated rings. The van der Waals surface area contributed by atoms with Crippen LogP contribution in [0.25, 0.3) is 0 Å². The van der Waals surface area contributed by atoms with Crippen molar-refractivity contribution in [3.63, 3.8) is 0 Å². The van der Waals surface area contributed by atoms with Crippen LogP contribution in [0.5, 0.6) is 0 Å². The molecule has 0 radical (unpaired) electrons. The van der Waals surface area contributed by atoms with Crippen LogP contribution in [-0.2, 0) is 0 Å². The maximum atomic E-state index is 4.58. The summed E-state index contributed by atoms with van der Waals surface area (Å²) < 4.78 is 4.58. The van der Waals surface area contributed by atoms with Crippen molar-refractivity contribution < 1.29 is 4.42 Å². The molecule has 0 unspecified atom stereocenters. The molecule has 0 bridgehead atoms. The molecule has 1 nitrogen and oxygen atoms in total. The van der Waals surface area contributed by atoms with E-state index in [4.69, 9.17) is 0 Å². The summed E-state index contributed by atoms with van der Waals surface area (Å²) in [6, 6.07) is 3.67. The standard InChI is InChI=1S/C4H4O.CH4/c1-2-4-5-3-1;/h1-4H;1H4. The minimum atomic E-state index is 0. The first-order valence-electron chi connectivity index (χ1n) is 1.47. The lowest BCUT2D eigenvalue weighted by molar-refractivity contribution is 0.567. The van der Waals surface area contributed by atoms with E-state index >= 15 is 0 Å². The van der Waals surface area contributed by atoms with E-state index in [2.05, 4.69) is 4.42 Å².